The summed E-state index contributed by atoms with van der Waals surface area (Å²) in [5.74, 6) is 0. The zero-order valence-corrected chi connectivity index (χ0v) is 13.5. The van der Waals surface area contributed by atoms with Crippen molar-refractivity contribution in [2.45, 2.75) is 26.9 Å². The largest absolute Gasteiger partial charge is 0.398 e. The third kappa shape index (κ3) is 4.05. The summed E-state index contributed by atoms with van der Waals surface area (Å²) < 4.78 is 0.949. The van der Waals surface area contributed by atoms with Gasteiger partial charge in [-0.05, 0) is 59.2 Å². The average molecular weight is 334 g/mol. The molecule has 0 bridgehead atoms. The van der Waals surface area contributed by atoms with Crippen molar-refractivity contribution in [2.24, 2.45) is 0 Å². The van der Waals surface area contributed by atoms with Crippen LogP contribution in [0.2, 0.25) is 0 Å². The number of halogens is 1. The maximum atomic E-state index is 5.93. The number of benzene rings is 1. The molecule has 0 fully saturated rings. The molecule has 2 N–H and O–H groups in total. The minimum atomic E-state index is 0.784. The first kappa shape index (κ1) is 15.0. The zero-order valence-electron chi connectivity index (χ0n) is 11.9. The number of anilines is 1. The minimum Gasteiger partial charge on any atom is -0.398 e. The molecule has 1 heterocycles. The molecule has 0 spiro atoms. The van der Waals surface area contributed by atoms with Crippen molar-refractivity contribution in [3.05, 3.63) is 57.8 Å². The molecule has 0 aliphatic carbocycles. The van der Waals surface area contributed by atoms with E-state index in [4.69, 9.17) is 5.73 Å². The Morgan fingerprint density at radius 3 is 2.65 bits per heavy atom. The fourth-order valence-corrected chi connectivity index (χ4v) is 2.39. The molecule has 0 atom stereocenters. The van der Waals surface area contributed by atoms with E-state index >= 15 is 0 Å². The molecule has 0 unspecified atom stereocenters. The van der Waals surface area contributed by atoms with Crippen LogP contribution in [0.3, 0.4) is 0 Å². The standard InChI is InChI=1S/C16H20BrN3/c1-3-20(11-14-6-4-5-12(2)19-14)10-13-7-8-15(17)16(18)9-13/h4-9H,3,10-11,18H2,1-2H3. The normalized spacial score (nSPS) is 11.0. The molecule has 0 radical (unpaired) electrons. The first-order valence-corrected chi connectivity index (χ1v) is 7.56. The third-order valence-electron chi connectivity index (χ3n) is 3.25. The molecule has 0 amide bonds. The second kappa shape index (κ2) is 6.86. The molecule has 4 heteroatoms. The fourth-order valence-electron chi connectivity index (χ4n) is 2.15. The fraction of sp³-hybridized carbons (Fsp3) is 0.312. The molecule has 106 valence electrons. The summed E-state index contributed by atoms with van der Waals surface area (Å²) in [5, 5.41) is 0. The van der Waals surface area contributed by atoms with Crippen molar-refractivity contribution in [1.82, 2.24) is 9.88 Å². The van der Waals surface area contributed by atoms with Gasteiger partial charge in [0.15, 0.2) is 0 Å². The van der Waals surface area contributed by atoms with Crippen LogP contribution in [-0.4, -0.2) is 16.4 Å². The van der Waals surface area contributed by atoms with Gasteiger partial charge in [-0.3, -0.25) is 9.88 Å². The summed E-state index contributed by atoms with van der Waals surface area (Å²) in [7, 11) is 0. The third-order valence-corrected chi connectivity index (χ3v) is 3.97. The number of hydrogen-bond donors (Lipinski definition) is 1. The Morgan fingerprint density at radius 1 is 1.20 bits per heavy atom. The number of pyridine rings is 1. The van der Waals surface area contributed by atoms with Gasteiger partial charge in [0.05, 0.1) is 5.69 Å². The Morgan fingerprint density at radius 2 is 2.00 bits per heavy atom. The lowest BCUT2D eigenvalue weighted by Crippen LogP contribution is -2.23. The predicted molar refractivity (Wildman–Crippen MR) is 87.3 cm³/mol. The lowest BCUT2D eigenvalue weighted by atomic mass is 10.2. The van der Waals surface area contributed by atoms with Gasteiger partial charge in [0, 0.05) is 28.9 Å². The van der Waals surface area contributed by atoms with Gasteiger partial charge >= 0.3 is 0 Å². The van der Waals surface area contributed by atoms with E-state index in [1.54, 1.807) is 0 Å². The van der Waals surface area contributed by atoms with Crippen LogP contribution >= 0.6 is 15.9 Å². The number of nitrogens with zero attached hydrogens (tertiary/aromatic N) is 2. The van der Waals surface area contributed by atoms with E-state index in [1.165, 1.54) is 5.56 Å². The maximum Gasteiger partial charge on any atom is 0.0547 e. The topological polar surface area (TPSA) is 42.1 Å². The molecule has 1 aromatic carbocycles. The molecule has 0 saturated heterocycles. The van der Waals surface area contributed by atoms with Crippen molar-refractivity contribution < 1.29 is 0 Å². The van der Waals surface area contributed by atoms with Crippen LogP contribution in [0.25, 0.3) is 0 Å². The van der Waals surface area contributed by atoms with Crippen molar-refractivity contribution in [3.8, 4) is 0 Å². The van der Waals surface area contributed by atoms with Crippen LogP contribution in [0.5, 0.6) is 0 Å². The van der Waals surface area contributed by atoms with Gasteiger partial charge in [-0.25, -0.2) is 0 Å². The average Bonchev–Trinajstić information content (AvgIpc) is 2.42. The summed E-state index contributed by atoms with van der Waals surface area (Å²) in [6.45, 7) is 6.90. The van der Waals surface area contributed by atoms with Crippen LogP contribution < -0.4 is 5.73 Å². The monoisotopic (exact) mass is 333 g/mol. The Kier molecular flexibility index (Phi) is 5.15. The van der Waals surface area contributed by atoms with Crippen LogP contribution in [0, 0.1) is 6.92 Å². The SMILES string of the molecule is CCN(Cc1ccc(Br)c(N)c1)Cc1cccc(C)n1. The Bertz CT molecular complexity index is 584. The van der Waals surface area contributed by atoms with Crippen molar-refractivity contribution >= 4 is 21.6 Å². The number of aromatic nitrogens is 1. The van der Waals surface area contributed by atoms with Crippen LogP contribution in [0.1, 0.15) is 23.9 Å². The summed E-state index contributed by atoms with van der Waals surface area (Å²) >= 11 is 3.43. The molecule has 3 nitrogen and oxygen atoms in total. The highest BCUT2D eigenvalue weighted by atomic mass is 79.9. The van der Waals surface area contributed by atoms with Gasteiger partial charge < -0.3 is 5.73 Å². The molecule has 1 aromatic heterocycles. The van der Waals surface area contributed by atoms with Crippen molar-refractivity contribution in [1.29, 1.82) is 0 Å². The molecule has 2 aromatic rings. The van der Waals surface area contributed by atoms with Crippen molar-refractivity contribution in [3.63, 3.8) is 0 Å². The van der Waals surface area contributed by atoms with E-state index in [9.17, 15) is 0 Å². The van der Waals surface area contributed by atoms with E-state index < -0.39 is 0 Å². The lowest BCUT2D eigenvalue weighted by molar-refractivity contribution is 0.268. The molecule has 0 aliphatic heterocycles. The van der Waals surface area contributed by atoms with Gasteiger partial charge in [-0.15, -0.1) is 0 Å². The highest BCUT2D eigenvalue weighted by molar-refractivity contribution is 9.10. The van der Waals surface area contributed by atoms with Crippen LogP contribution in [-0.2, 0) is 13.1 Å². The molecule has 0 aliphatic rings. The number of rotatable bonds is 5. The Balaban J connectivity index is 2.07. The zero-order chi connectivity index (χ0) is 14.5. The Labute approximate surface area is 129 Å². The van der Waals surface area contributed by atoms with Crippen LogP contribution in [0.4, 0.5) is 5.69 Å². The van der Waals surface area contributed by atoms with Gasteiger partial charge in [0.2, 0.25) is 0 Å². The summed E-state index contributed by atoms with van der Waals surface area (Å²) in [5.41, 5.74) is 10.1. The van der Waals surface area contributed by atoms with E-state index in [0.717, 1.165) is 41.2 Å². The molecule has 20 heavy (non-hydrogen) atoms. The van der Waals surface area contributed by atoms with Gasteiger partial charge in [0.25, 0.3) is 0 Å². The van der Waals surface area contributed by atoms with E-state index in [2.05, 4.69) is 50.9 Å². The van der Waals surface area contributed by atoms with Crippen molar-refractivity contribution in [2.75, 3.05) is 12.3 Å². The molecular weight excluding hydrogens is 314 g/mol. The highest BCUT2D eigenvalue weighted by Gasteiger charge is 2.07. The van der Waals surface area contributed by atoms with Gasteiger partial charge in [-0.1, -0.05) is 19.1 Å². The van der Waals surface area contributed by atoms with E-state index in [0.29, 0.717) is 0 Å². The Hall–Kier alpha value is -1.39. The smallest absolute Gasteiger partial charge is 0.0547 e. The van der Waals surface area contributed by atoms with Gasteiger partial charge in [-0.2, -0.15) is 0 Å². The van der Waals surface area contributed by atoms with E-state index in [-0.39, 0.29) is 0 Å². The first-order chi connectivity index (χ1) is 9.58. The summed E-state index contributed by atoms with van der Waals surface area (Å²) in [4.78, 5) is 6.91. The molecule has 2 rings (SSSR count). The first-order valence-electron chi connectivity index (χ1n) is 6.77. The predicted octanol–water partition coefficient (Wildman–Crippen LogP) is 3.76. The van der Waals surface area contributed by atoms with E-state index in [1.807, 2.05) is 25.1 Å². The summed E-state index contributed by atoms with van der Waals surface area (Å²) in [6.07, 6.45) is 0. The number of hydrogen-bond acceptors (Lipinski definition) is 3. The highest BCUT2D eigenvalue weighted by Crippen LogP contribution is 2.21. The lowest BCUT2D eigenvalue weighted by Gasteiger charge is -2.20. The number of aryl methyl sites for hydroxylation is 1. The number of nitrogen functional groups attached to an aromatic ring is 1. The second-order valence-corrected chi connectivity index (χ2v) is 5.78. The quantitative estimate of drug-likeness (QED) is 0.847. The second-order valence-electron chi connectivity index (χ2n) is 4.93. The van der Waals surface area contributed by atoms with Gasteiger partial charge in [0.1, 0.15) is 0 Å². The molecule has 0 saturated carbocycles. The summed E-state index contributed by atoms with van der Waals surface area (Å²) in [6, 6.07) is 12.3. The maximum absolute atomic E-state index is 5.93. The number of nitrogens with two attached hydrogens (primary N) is 1. The minimum absolute atomic E-state index is 0.784. The van der Waals surface area contributed by atoms with Crippen LogP contribution in [0.15, 0.2) is 40.9 Å². The molecular formula is C16H20BrN3.